The summed E-state index contributed by atoms with van der Waals surface area (Å²) in [6.45, 7) is 8.62. The molecular formula is C27H26N4S. The monoisotopic (exact) mass is 438 g/mol. The highest BCUT2D eigenvalue weighted by molar-refractivity contribution is 7.80. The van der Waals surface area contributed by atoms with E-state index in [1.54, 1.807) is 0 Å². The average Bonchev–Trinajstić information content (AvgIpc) is 2.77. The largest absolute Gasteiger partial charge is 0.344 e. The highest BCUT2D eigenvalue weighted by Gasteiger charge is 2.17. The Bertz CT molecular complexity index is 1480. The third-order valence-electron chi connectivity index (χ3n) is 5.92. The van der Waals surface area contributed by atoms with Crippen LogP contribution in [0.2, 0.25) is 0 Å². The first-order chi connectivity index (χ1) is 15.4. The van der Waals surface area contributed by atoms with Crippen molar-refractivity contribution in [2.45, 2.75) is 39.8 Å². The second-order valence-electron chi connectivity index (χ2n) is 8.74. The molecule has 0 radical (unpaired) electrons. The van der Waals surface area contributed by atoms with E-state index in [0.29, 0.717) is 12.1 Å². The predicted molar refractivity (Wildman–Crippen MR) is 140 cm³/mol. The number of thiocarbonyl (C=S) groups is 1. The molecule has 0 saturated carbocycles. The molecule has 0 saturated heterocycles. The summed E-state index contributed by atoms with van der Waals surface area (Å²) in [6, 6.07) is 23.6. The Morgan fingerprint density at radius 2 is 1.22 bits per heavy atom. The van der Waals surface area contributed by atoms with E-state index in [1.165, 1.54) is 10.8 Å². The van der Waals surface area contributed by atoms with Crippen LogP contribution in [0.15, 0.2) is 66.7 Å². The first kappa shape index (κ1) is 20.6. The van der Waals surface area contributed by atoms with Crippen LogP contribution < -0.4 is 5.32 Å². The van der Waals surface area contributed by atoms with E-state index in [1.807, 2.05) is 18.2 Å². The van der Waals surface area contributed by atoms with Gasteiger partial charge in [0.1, 0.15) is 0 Å². The third-order valence-corrected chi connectivity index (χ3v) is 6.23. The minimum atomic E-state index is 0.318. The molecule has 5 heteroatoms. The van der Waals surface area contributed by atoms with Gasteiger partial charge in [0.15, 0.2) is 5.11 Å². The molecule has 5 aromatic rings. The van der Waals surface area contributed by atoms with Crippen LogP contribution in [0.25, 0.3) is 43.6 Å². The smallest absolute Gasteiger partial charge is 0.173 e. The molecule has 1 N–H and O–H groups in total. The summed E-state index contributed by atoms with van der Waals surface area (Å²) in [5.41, 5.74) is 4.52. The summed E-state index contributed by atoms with van der Waals surface area (Å²) in [6.07, 6.45) is 0. The molecule has 4 nitrogen and oxygen atoms in total. The first-order valence-corrected chi connectivity index (χ1v) is 11.4. The number of nitrogens with one attached hydrogen (secondary N) is 1. The van der Waals surface area contributed by atoms with E-state index in [2.05, 4.69) is 86.4 Å². The van der Waals surface area contributed by atoms with E-state index in [0.717, 1.165) is 43.6 Å². The zero-order valence-electron chi connectivity index (χ0n) is 18.8. The van der Waals surface area contributed by atoms with E-state index in [-0.39, 0.29) is 0 Å². The summed E-state index contributed by atoms with van der Waals surface area (Å²) in [5.74, 6) is 0. The van der Waals surface area contributed by atoms with Crippen molar-refractivity contribution in [1.29, 1.82) is 0 Å². The first-order valence-electron chi connectivity index (χ1n) is 11.0. The van der Waals surface area contributed by atoms with E-state index in [9.17, 15) is 0 Å². The number of hydrogen-bond acceptors (Lipinski definition) is 3. The van der Waals surface area contributed by atoms with Crippen molar-refractivity contribution >= 4 is 66.6 Å². The second kappa shape index (κ2) is 7.99. The van der Waals surface area contributed by atoms with Crippen LogP contribution in [0.3, 0.4) is 0 Å². The van der Waals surface area contributed by atoms with Crippen LogP contribution in [0, 0.1) is 0 Å². The minimum Gasteiger partial charge on any atom is -0.344 e. The summed E-state index contributed by atoms with van der Waals surface area (Å²) in [4.78, 5) is 12.3. The lowest BCUT2D eigenvalue weighted by molar-refractivity contribution is 0.296. The number of aromatic nitrogens is 2. The molecule has 0 atom stereocenters. The number of anilines is 1. The minimum absolute atomic E-state index is 0.318. The Labute approximate surface area is 193 Å². The van der Waals surface area contributed by atoms with Gasteiger partial charge < -0.3 is 10.2 Å². The van der Waals surface area contributed by atoms with Gasteiger partial charge in [-0.25, -0.2) is 9.97 Å². The van der Waals surface area contributed by atoms with Gasteiger partial charge in [0.05, 0.1) is 22.1 Å². The predicted octanol–water partition coefficient (Wildman–Crippen LogP) is 6.91. The molecule has 5 rings (SSSR count). The molecule has 32 heavy (non-hydrogen) atoms. The SMILES string of the molecule is CC(C)N(C(=S)Nc1ccc2nc3c4ccccc4c4ccccc4c3nc2c1)C(C)C. The Hall–Kier alpha value is -3.31. The Balaban J connectivity index is 1.68. The van der Waals surface area contributed by atoms with Crippen molar-refractivity contribution in [3.63, 3.8) is 0 Å². The van der Waals surface area contributed by atoms with Crippen molar-refractivity contribution in [2.24, 2.45) is 0 Å². The number of rotatable bonds is 3. The fraction of sp³-hybridized carbons (Fsp3) is 0.222. The van der Waals surface area contributed by atoms with Gasteiger partial charge in [-0.3, -0.25) is 0 Å². The van der Waals surface area contributed by atoms with E-state index >= 15 is 0 Å². The van der Waals surface area contributed by atoms with Gasteiger partial charge in [-0.2, -0.15) is 0 Å². The number of nitrogens with zero attached hydrogens (tertiary/aromatic N) is 3. The Morgan fingerprint density at radius 3 is 1.75 bits per heavy atom. The molecule has 1 aromatic heterocycles. The summed E-state index contributed by atoms with van der Waals surface area (Å²) in [7, 11) is 0. The van der Waals surface area contributed by atoms with Crippen molar-refractivity contribution in [3.05, 3.63) is 66.7 Å². The van der Waals surface area contributed by atoms with Crippen molar-refractivity contribution in [3.8, 4) is 0 Å². The number of fused-ring (bicyclic) bond motifs is 7. The lowest BCUT2D eigenvalue weighted by atomic mass is 9.99. The average molecular weight is 439 g/mol. The van der Waals surface area contributed by atoms with Crippen molar-refractivity contribution < 1.29 is 0 Å². The molecule has 0 bridgehead atoms. The molecule has 4 aromatic carbocycles. The summed E-state index contributed by atoms with van der Waals surface area (Å²) >= 11 is 5.70. The van der Waals surface area contributed by atoms with Crippen molar-refractivity contribution in [1.82, 2.24) is 14.9 Å². The quantitative estimate of drug-likeness (QED) is 0.188. The molecule has 0 aliphatic heterocycles. The highest BCUT2D eigenvalue weighted by Crippen LogP contribution is 2.34. The number of benzene rings is 4. The molecule has 0 amide bonds. The lowest BCUT2D eigenvalue weighted by Gasteiger charge is -2.33. The van der Waals surface area contributed by atoms with Crippen LogP contribution in [-0.2, 0) is 0 Å². The molecule has 160 valence electrons. The second-order valence-corrected chi connectivity index (χ2v) is 9.13. The van der Waals surface area contributed by atoms with Gasteiger partial charge in [-0.15, -0.1) is 0 Å². The zero-order chi connectivity index (χ0) is 22.4. The molecule has 0 spiro atoms. The fourth-order valence-corrected chi connectivity index (χ4v) is 5.15. The molecular weight excluding hydrogens is 412 g/mol. The normalized spacial score (nSPS) is 11.8. The van der Waals surface area contributed by atoms with Gasteiger partial charge in [0.25, 0.3) is 0 Å². The fourth-order valence-electron chi connectivity index (χ4n) is 4.61. The van der Waals surface area contributed by atoms with Gasteiger partial charge in [-0.1, -0.05) is 48.5 Å². The topological polar surface area (TPSA) is 41.0 Å². The molecule has 0 aliphatic rings. The van der Waals surface area contributed by atoms with Gasteiger partial charge in [0.2, 0.25) is 0 Å². The van der Waals surface area contributed by atoms with Crippen LogP contribution in [0.5, 0.6) is 0 Å². The Kier molecular flexibility index (Phi) is 5.14. The maximum absolute atomic E-state index is 5.70. The summed E-state index contributed by atoms with van der Waals surface area (Å²) < 4.78 is 0. The maximum Gasteiger partial charge on any atom is 0.173 e. The lowest BCUT2D eigenvalue weighted by Crippen LogP contribution is -2.44. The van der Waals surface area contributed by atoms with Gasteiger partial charge >= 0.3 is 0 Å². The molecule has 0 fully saturated rings. The van der Waals surface area contributed by atoms with E-state index in [4.69, 9.17) is 22.2 Å². The molecule has 0 unspecified atom stereocenters. The molecule has 0 aliphatic carbocycles. The van der Waals surface area contributed by atoms with Gasteiger partial charge in [0, 0.05) is 28.5 Å². The van der Waals surface area contributed by atoms with Crippen LogP contribution in [0.1, 0.15) is 27.7 Å². The zero-order valence-corrected chi connectivity index (χ0v) is 19.6. The van der Waals surface area contributed by atoms with Gasteiger partial charge in [-0.05, 0) is 68.9 Å². The van der Waals surface area contributed by atoms with Crippen molar-refractivity contribution in [2.75, 3.05) is 5.32 Å². The maximum atomic E-state index is 5.70. The Morgan fingerprint density at radius 1 is 0.719 bits per heavy atom. The molecule has 1 heterocycles. The van der Waals surface area contributed by atoms with Crippen LogP contribution in [-0.4, -0.2) is 32.1 Å². The highest BCUT2D eigenvalue weighted by atomic mass is 32.1. The standard InChI is InChI=1S/C27H26N4S/c1-16(2)31(17(3)4)27(32)28-18-13-14-23-24(15-18)30-26-22-12-8-6-10-20(22)19-9-5-7-11-21(19)25(26)29-23/h5-17H,1-4H3,(H,28,32). The van der Waals surface area contributed by atoms with E-state index < -0.39 is 0 Å². The number of hydrogen-bond donors (Lipinski definition) is 1. The van der Waals surface area contributed by atoms with Crippen LogP contribution in [0.4, 0.5) is 5.69 Å². The summed E-state index contributed by atoms with van der Waals surface area (Å²) in [5, 5.41) is 8.77. The third kappa shape index (κ3) is 3.43. The van der Waals surface area contributed by atoms with Crippen LogP contribution >= 0.6 is 12.2 Å².